The van der Waals surface area contributed by atoms with E-state index >= 15 is 0 Å². The Morgan fingerprint density at radius 3 is 0.857 bits per heavy atom. The van der Waals surface area contributed by atoms with Crippen molar-refractivity contribution in [2.24, 2.45) is 0 Å². The van der Waals surface area contributed by atoms with E-state index in [2.05, 4.69) is 55.4 Å². The van der Waals surface area contributed by atoms with Crippen molar-refractivity contribution in [3.8, 4) is 0 Å². The van der Waals surface area contributed by atoms with E-state index in [4.69, 9.17) is 22.6 Å². The van der Waals surface area contributed by atoms with Crippen LogP contribution in [0.2, 0.25) is 0 Å². The lowest BCUT2D eigenvalue weighted by atomic mass is 10.1. The third kappa shape index (κ3) is 33.8. The van der Waals surface area contributed by atoms with Crippen molar-refractivity contribution in [3.63, 3.8) is 0 Å². The van der Waals surface area contributed by atoms with E-state index < -0.39 is 16.5 Å². The second-order valence-electron chi connectivity index (χ2n) is 13.9. The maximum absolute atomic E-state index is 12.3. The number of benzene rings is 1. The molecule has 0 saturated heterocycles. The fraction of sp³-hybridized carbons (Fsp3) is 0.850. The van der Waals surface area contributed by atoms with Crippen LogP contribution in [0.1, 0.15) is 177 Å². The number of aliphatic hydroxyl groups is 1. The van der Waals surface area contributed by atoms with Crippen LogP contribution in [0.3, 0.4) is 0 Å². The van der Waals surface area contributed by atoms with Gasteiger partial charge in [0.15, 0.2) is 0 Å². The number of nitrogens with zero attached hydrogens (tertiary/aromatic N) is 2. The van der Waals surface area contributed by atoms with Crippen LogP contribution in [0.15, 0.2) is 24.3 Å². The molecule has 0 aliphatic rings. The van der Waals surface area contributed by atoms with E-state index in [0.29, 0.717) is 0 Å². The number of hydrogen-bond acceptors (Lipinski definition) is 5. The normalized spacial score (nSPS) is 12.2. The summed E-state index contributed by atoms with van der Waals surface area (Å²) in [6, 6.07) is 5.81. The van der Waals surface area contributed by atoms with Crippen molar-refractivity contribution < 1.29 is 36.0 Å². The average molecular weight is 721 g/mol. The van der Waals surface area contributed by atoms with Gasteiger partial charge in [0.25, 0.3) is 0 Å². The van der Waals surface area contributed by atoms with Crippen molar-refractivity contribution in [1.82, 2.24) is 0 Å². The van der Waals surface area contributed by atoms with E-state index in [1.165, 1.54) is 176 Å². The van der Waals surface area contributed by atoms with Crippen LogP contribution in [-0.4, -0.2) is 84.0 Å². The third-order valence-corrected chi connectivity index (χ3v) is 9.24. The van der Waals surface area contributed by atoms with Crippen LogP contribution < -0.4 is 0 Å². The highest BCUT2D eigenvalue weighted by molar-refractivity contribution is 7.79. The van der Waals surface area contributed by atoms with Gasteiger partial charge in [-0.05, 0) is 76.0 Å². The van der Waals surface area contributed by atoms with E-state index in [1.807, 2.05) is 0 Å². The molecule has 49 heavy (non-hydrogen) atoms. The summed E-state index contributed by atoms with van der Waals surface area (Å²) >= 11 is 0. The molecule has 0 spiro atoms. The highest BCUT2D eigenvalue weighted by Crippen LogP contribution is 2.18. The third-order valence-electron chi connectivity index (χ3n) is 9.24. The van der Waals surface area contributed by atoms with Gasteiger partial charge in [-0.1, -0.05) is 119 Å². The smallest absolute Gasteiger partial charge is 0.123 e. The van der Waals surface area contributed by atoms with Crippen molar-refractivity contribution in [2.75, 3.05) is 52.4 Å². The lowest BCUT2D eigenvalue weighted by molar-refractivity contribution is -0.929. The Morgan fingerprint density at radius 1 is 0.531 bits per heavy atom. The van der Waals surface area contributed by atoms with Crippen LogP contribution in [0.4, 0.5) is 4.39 Å². The second-order valence-corrected chi connectivity index (χ2v) is 14.8. The van der Waals surface area contributed by atoms with Crippen LogP contribution in [0.25, 0.3) is 0 Å². The van der Waals surface area contributed by atoms with E-state index in [9.17, 15) is 4.39 Å². The van der Waals surface area contributed by atoms with Gasteiger partial charge in [0.1, 0.15) is 5.82 Å². The first-order chi connectivity index (χ1) is 23.2. The van der Waals surface area contributed by atoms with Crippen LogP contribution in [0.5, 0.6) is 0 Å². The Balaban J connectivity index is -0.000000620. The van der Waals surface area contributed by atoms with Crippen molar-refractivity contribution in [3.05, 3.63) is 35.6 Å². The first-order valence-electron chi connectivity index (χ1n) is 20.0. The Labute approximate surface area is 304 Å². The molecule has 0 radical (unpaired) electrons. The molecule has 1 N–H and O–H groups in total. The lowest BCUT2D eigenvalue weighted by Gasteiger charge is -2.39. The molecular formula is C40H81FN2O5S. The Hall–Kier alpha value is -1.10. The highest BCUT2D eigenvalue weighted by Gasteiger charge is 2.25. The minimum absolute atomic E-state index is 0.274. The van der Waals surface area contributed by atoms with Gasteiger partial charge < -0.3 is 23.2 Å². The molecule has 0 fully saturated rings. The molecule has 0 aliphatic heterocycles. The summed E-state index contributed by atoms with van der Waals surface area (Å²) in [6.07, 6.45) is 21.6. The summed E-state index contributed by atoms with van der Waals surface area (Å²) in [4.78, 5) is 0. The van der Waals surface area contributed by atoms with Crippen molar-refractivity contribution in [2.45, 2.75) is 171 Å². The van der Waals surface area contributed by atoms with Gasteiger partial charge in [0.05, 0.1) is 58.5 Å². The first-order valence-corrected chi connectivity index (χ1v) is 21.3. The Morgan fingerprint density at radius 2 is 0.714 bits per heavy atom. The molecule has 1 unspecified atom stereocenters. The average Bonchev–Trinajstić information content (AvgIpc) is 3.07. The molecule has 1 aromatic rings. The van der Waals surface area contributed by atoms with Gasteiger partial charge in [-0.25, -0.2) is 4.39 Å². The number of halogens is 1. The molecule has 294 valence electrons. The van der Waals surface area contributed by atoms with Gasteiger partial charge in [-0.3, -0.25) is 8.42 Å². The van der Waals surface area contributed by atoms with Gasteiger partial charge >= 0.3 is 0 Å². The molecule has 9 heteroatoms. The van der Waals surface area contributed by atoms with E-state index in [1.54, 1.807) is 19.1 Å². The number of quaternary nitrogens is 2. The maximum Gasteiger partial charge on any atom is 0.123 e. The molecule has 0 aromatic heterocycles. The summed E-state index contributed by atoms with van der Waals surface area (Å²) in [5.41, 5.74) is 0.737. The minimum atomic E-state index is -5.17. The van der Waals surface area contributed by atoms with E-state index in [0.717, 1.165) is 5.56 Å². The standard InChI is InChI=1S/2C16H36N.C8H9FO.H2O4S/c2*1-5-9-13-17(14-10-6-2,15-11-7-3)16-12-8-4;1-6(10)7-2-4-8(9)5-3-7;1-5(2,3)4/h2*5-16H2,1-4H3;2-6,10H,1H3;(H2,1,2,3,4)/q2*+1;;/p-2. The summed E-state index contributed by atoms with van der Waals surface area (Å²) in [5, 5.41) is 8.99. The van der Waals surface area contributed by atoms with Crippen LogP contribution >= 0.6 is 0 Å². The van der Waals surface area contributed by atoms with Gasteiger partial charge in [0, 0.05) is 10.4 Å². The monoisotopic (exact) mass is 721 g/mol. The molecule has 1 aromatic carbocycles. The fourth-order valence-electron chi connectivity index (χ4n) is 6.03. The zero-order valence-corrected chi connectivity index (χ0v) is 34.4. The molecule has 0 saturated carbocycles. The number of aliphatic hydroxyl groups excluding tert-OH is 1. The number of hydrogen-bond donors (Lipinski definition) is 1. The summed E-state index contributed by atoms with van der Waals surface area (Å²) in [7, 11) is -5.17. The maximum atomic E-state index is 12.3. The predicted octanol–water partition coefficient (Wildman–Crippen LogP) is 10.5. The first kappa shape index (κ1) is 52.3. The SMILES string of the molecule is CC(O)c1ccc(F)cc1.CCCC[N+](CCCC)(CCCC)CCCC.CCCC[N+](CCCC)(CCCC)CCCC.O=S(=O)([O-])[O-]. The summed E-state index contributed by atoms with van der Waals surface area (Å²) < 4.78 is 49.2. The molecular weight excluding hydrogens is 640 g/mol. The fourth-order valence-corrected chi connectivity index (χ4v) is 6.03. The second kappa shape index (κ2) is 34.0. The number of unbranched alkanes of at least 4 members (excludes halogenated alkanes) is 8. The Kier molecular flexibility index (Phi) is 36.3. The Bertz CT molecular complexity index is 810. The molecule has 1 rings (SSSR count). The van der Waals surface area contributed by atoms with E-state index in [-0.39, 0.29) is 5.82 Å². The van der Waals surface area contributed by atoms with Crippen molar-refractivity contribution in [1.29, 1.82) is 0 Å². The lowest BCUT2D eigenvalue weighted by Crippen LogP contribution is -2.50. The molecule has 0 heterocycles. The minimum Gasteiger partial charge on any atom is -0.759 e. The van der Waals surface area contributed by atoms with Gasteiger partial charge in [-0.2, -0.15) is 0 Å². The number of rotatable bonds is 25. The largest absolute Gasteiger partial charge is 0.759 e. The molecule has 0 aliphatic carbocycles. The molecule has 0 amide bonds. The molecule has 1 atom stereocenters. The van der Waals surface area contributed by atoms with Gasteiger partial charge in [-0.15, -0.1) is 0 Å². The van der Waals surface area contributed by atoms with Crippen LogP contribution in [-0.2, 0) is 10.4 Å². The summed E-state index contributed by atoms with van der Waals surface area (Å²) in [5.74, 6) is -0.274. The quantitative estimate of drug-likeness (QED) is 0.0616. The molecule has 0 bridgehead atoms. The predicted molar refractivity (Wildman–Crippen MR) is 206 cm³/mol. The van der Waals surface area contributed by atoms with Gasteiger partial charge in [0.2, 0.25) is 0 Å². The zero-order chi connectivity index (χ0) is 38.0. The topological polar surface area (TPSA) is 100 Å². The highest BCUT2D eigenvalue weighted by atomic mass is 32.3. The zero-order valence-electron chi connectivity index (χ0n) is 33.6. The molecule has 7 nitrogen and oxygen atoms in total. The summed E-state index contributed by atoms with van der Waals surface area (Å²) in [6.45, 7) is 31.7. The van der Waals surface area contributed by atoms with Crippen LogP contribution in [0, 0.1) is 5.82 Å². The van der Waals surface area contributed by atoms with Crippen molar-refractivity contribution >= 4 is 10.4 Å².